The molecule has 2 rings (SSSR count). The van der Waals surface area contributed by atoms with Gasteiger partial charge in [-0.3, -0.25) is 0 Å². The molecule has 1 heterocycles. The lowest BCUT2D eigenvalue weighted by molar-refractivity contribution is 1.19. The van der Waals surface area contributed by atoms with Crippen molar-refractivity contribution >= 4 is 67.1 Å². The maximum absolute atomic E-state index is 6.00. The molecule has 0 saturated heterocycles. The highest BCUT2D eigenvalue weighted by Crippen LogP contribution is 2.32. The van der Waals surface area contributed by atoms with Gasteiger partial charge in [0.2, 0.25) is 0 Å². The standard InChI is InChI=1S/C12H10BrClINS/c1-7-2-3-8(4-11(7)15)16-6-9-5-10(13)12(14)17-9/h2-5,16H,6H2,1H3. The Kier molecular flexibility index (Phi) is 4.74. The molecule has 0 aliphatic rings. The Morgan fingerprint density at radius 2 is 2.18 bits per heavy atom. The number of anilines is 1. The van der Waals surface area contributed by atoms with E-state index in [0.29, 0.717) is 0 Å². The molecule has 0 saturated carbocycles. The van der Waals surface area contributed by atoms with Gasteiger partial charge in [0.15, 0.2) is 0 Å². The first-order valence-corrected chi connectivity index (χ1v) is 8.06. The fourth-order valence-corrected chi connectivity index (χ4v) is 3.62. The SMILES string of the molecule is Cc1ccc(NCc2cc(Br)c(Cl)s2)cc1I. The molecular weight excluding hydrogens is 432 g/mol. The van der Waals surface area contributed by atoms with Crippen molar-refractivity contribution in [2.45, 2.75) is 13.5 Å². The average Bonchev–Trinajstić information content (AvgIpc) is 2.60. The molecule has 1 nitrogen and oxygen atoms in total. The smallest absolute Gasteiger partial charge is 0.107 e. The van der Waals surface area contributed by atoms with E-state index >= 15 is 0 Å². The summed E-state index contributed by atoms with van der Waals surface area (Å²) in [6.45, 7) is 2.91. The molecule has 1 aromatic heterocycles. The summed E-state index contributed by atoms with van der Waals surface area (Å²) >= 11 is 13.4. The Labute approximate surface area is 132 Å². The predicted molar refractivity (Wildman–Crippen MR) is 88.3 cm³/mol. The molecule has 0 spiro atoms. The second kappa shape index (κ2) is 5.91. The van der Waals surface area contributed by atoms with Crippen molar-refractivity contribution < 1.29 is 0 Å². The van der Waals surface area contributed by atoms with E-state index < -0.39 is 0 Å². The van der Waals surface area contributed by atoms with Crippen LogP contribution in [0.25, 0.3) is 0 Å². The molecule has 90 valence electrons. The lowest BCUT2D eigenvalue weighted by Gasteiger charge is -2.06. The van der Waals surface area contributed by atoms with Crippen LogP contribution < -0.4 is 5.32 Å². The highest BCUT2D eigenvalue weighted by atomic mass is 127. The van der Waals surface area contributed by atoms with E-state index in [0.717, 1.165) is 21.0 Å². The van der Waals surface area contributed by atoms with E-state index in [9.17, 15) is 0 Å². The number of nitrogens with one attached hydrogen (secondary N) is 1. The highest BCUT2D eigenvalue weighted by molar-refractivity contribution is 14.1. The first kappa shape index (κ1) is 13.6. The first-order chi connectivity index (χ1) is 8.06. The number of hydrogen-bond acceptors (Lipinski definition) is 2. The van der Waals surface area contributed by atoms with E-state index in [1.807, 2.05) is 0 Å². The Bertz CT molecular complexity index is 522. The van der Waals surface area contributed by atoms with Crippen LogP contribution in [-0.2, 0) is 6.54 Å². The number of halogens is 3. The minimum atomic E-state index is 0.801. The molecule has 2 aromatic rings. The lowest BCUT2D eigenvalue weighted by atomic mass is 10.2. The molecule has 0 amide bonds. The zero-order valence-corrected chi connectivity index (χ0v) is 14.4. The van der Waals surface area contributed by atoms with Gasteiger partial charge >= 0.3 is 0 Å². The average molecular weight is 443 g/mol. The Morgan fingerprint density at radius 1 is 1.41 bits per heavy atom. The zero-order chi connectivity index (χ0) is 12.4. The van der Waals surface area contributed by atoms with Crippen molar-refractivity contribution in [3.8, 4) is 0 Å². The van der Waals surface area contributed by atoms with Gasteiger partial charge in [-0.1, -0.05) is 17.7 Å². The van der Waals surface area contributed by atoms with Crippen LogP contribution in [0, 0.1) is 10.5 Å². The number of benzene rings is 1. The van der Waals surface area contributed by atoms with Crippen molar-refractivity contribution in [2.75, 3.05) is 5.32 Å². The van der Waals surface area contributed by atoms with Gasteiger partial charge in [0.25, 0.3) is 0 Å². The van der Waals surface area contributed by atoms with Gasteiger partial charge in [-0.05, 0) is 69.2 Å². The Morgan fingerprint density at radius 3 is 2.76 bits per heavy atom. The van der Waals surface area contributed by atoms with Gasteiger partial charge in [-0.2, -0.15) is 0 Å². The van der Waals surface area contributed by atoms with Crippen LogP contribution >= 0.6 is 61.5 Å². The largest absolute Gasteiger partial charge is 0.380 e. The maximum Gasteiger partial charge on any atom is 0.107 e. The summed E-state index contributed by atoms with van der Waals surface area (Å²) in [4.78, 5) is 1.22. The normalized spacial score (nSPS) is 10.6. The van der Waals surface area contributed by atoms with Crippen LogP contribution in [-0.4, -0.2) is 0 Å². The third-order valence-electron chi connectivity index (χ3n) is 2.33. The summed E-state index contributed by atoms with van der Waals surface area (Å²) in [5.41, 5.74) is 2.44. The van der Waals surface area contributed by atoms with Crippen LogP contribution in [0.1, 0.15) is 10.4 Å². The molecule has 0 atom stereocenters. The monoisotopic (exact) mass is 441 g/mol. The third-order valence-corrected chi connectivity index (χ3v) is 5.97. The van der Waals surface area contributed by atoms with Crippen molar-refractivity contribution in [3.63, 3.8) is 0 Å². The van der Waals surface area contributed by atoms with Crippen LogP contribution in [0.15, 0.2) is 28.7 Å². The molecule has 1 N–H and O–H groups in total. The predicted octanol–water partition coefficient (Wildman–Crippen LogP) is 5.69. The third kappa shape index (κ3) is 3.59. The quantitative estimate of drug-likeness (QED) is 0.603. The molecular formula is C12H10BrClINS. The minimum Gasteiger partial charge on any atom is -0.380 e. The molecule has 5 heteroatoms. The fourth-order valence-electron chi connectivity index (χ4n) is 1.37. The van der Waals surface area contributed by atoms with E-state index in [2.05, 4.69) is 75.0 Å². The number of hydrogen-bond donors (Lipinski definition) is 1. The molecule has 0 bridgehead atoms. The van der Waals surface area contributed by atoms with E-state index in [1.54, 1.807) is 11.3 Å². The van der Waals surface area contributed by atoms with Crippen LogP contribution in [0.3, 0.4) is 0 Å². The van der Waals surface area contributed by atoms with Gasteiger partial charge < -0.3 is 5.32 Å². The summed E-state index contributed by atoms with van der Waals surface area (Å²) in [5.74, 6) is 0. The summed E-state index contributed by atoms with van der Waals surface area (Å²) in [5, 5.41) is 3.40. The fraction of sp³-hybridized carbons (Fsp3) is 0.167. The summed E-state index contributed by atoms with van der Waals surface area (Å²) in [6.07, 6.45) is 0. The zero-order valence-electron chi connectivity index (χ0n) is 9.06. The summed E-state index contributed by atoms with van der Waals surface area (Å²) in [6, 6.07) is 8.43. The number of aryl methyl sites for hydroxylation is 1. The Balaban J connectivity index is 2.04. The molecule has 17 heavy (non-hydrogen) atoms. The number of rotatable bonds is 3. The second-order valence-corrected chi connectivity index (χ2v) is 7.41. The second-order valence-electron chi connectivity index (χ2n) is 3.65. The van der Waals surface area contributed by atoms with Crippen LogP contribution in [0.4, 0.5) is 5.69 Å². The number of thiophene rings is 1. The first-order valence-electron chi connectivity index (χ1n) is 5.00. The maximum atomic E-state index is 6.00. The molecule has 0 fully saturated rings. The van der Waals surface area contributed by atoms with Crippen molar-refractivity contribution in [1.29, 1.82) is 0 Å². The molecule has 0 aliphatic carbocycles. The molecule has 0 radical (unpaired) electrons. The minimum absolute atomic E-state index is 0.801. The molecule has 0 unspecified atom stereocenters. The lowest BCUT2D eigenvalue weighted by Crippen LogP contribution is -1.97. The Hall–Kier alpha value is 0.220. The van der Waals surface area contributed by atoms with Gasteiger partial charge in [-0.25, -0.2) is 0 Å². The topological polar surface area (TPSA) is 12.0 Å². The molecule has 0 aliphatic heterocycles. The van der Waals surface area contributed by atoms with Gasteiger partial charge in [0.1, 0.15) is 4.34 Å². The van der Waals surface area contributed by atoms with Gasteiger partial charge in [0, 0.05) is 25.2 Å². The summed E-state index contributed by atoms with van der Waals surface area (Å²) < 4.78 is 3.05. The highest BCUT2D eigenvalue weighted by Gasteiger charge is 2.04. The molecule has 1 aromatic carbocycles. The van der Waals surface area contributed by atoms with E-state index in [-0.39, 0.29) is 0 Å². The van der Waals surface area contributed by atoms with Crippen LogP contribution in [0.5, 0.6) is 0 Å². The van der Waals surface area contributed by atoms with E-state index in [4.69, 9.17) is 11.6 Å². The van der Waals surface area contributed by atoms with Gasteiger partial charge in [0.05, 0.1) is 0 Å². The van der Waals surface area contributed by atoms with Gasteiger partial charge in [-0.15, -0.1) is 11.3 Å². The van der Waals surface area contributed by atoms with Crippen molar-refractivity contribution in [3.05, 3.63) is 47.1 Å². The van der Waals surface area contributed by atoms with E-state index in [1.165, 1.54) is 14.0 Å². The van der Waals surface area contributed by atoms with Crippen molar-refractivity contribution in [1.82, 2.24) is 0 Å². The van der Waals surface area contributed by atoms with Crippen molar-refractivity contribution in [2.24, 2.45) is 0 Å². The summed E-state index contributed by atoms with van der Waals surface area (Å²) in [7, 11) is 0. The van der Waals surface area contributed by atoms with Crippen LogP contribution in [0.2, 0.25) is 4.34 Å².